The smallest absolute Gasteiger partial charge is 0.255 e. The highest BCUT2D eigenvalue weighted by Gasteiger charge is 2.19. The highest BCUT2D eigenvalue weighted by Crippen LogP contribution is 2.22. The van der Waals surface area contributed by atoms with E-state index in [-0.39, 0.29) is 17.5 Å². The van der Waals surface area contributed by atoms with Gasteiger partial charge in [-0.3, -0.25) is 9.59 Å². The van der Waals surface area contributed by atoms with Gasteiger partial charge in [-0.1, -0.05) is 42.5 Å². The molecule has 0 saturated heterocycles. The Hall–Kier alpha value is -3.41. The first-order chi connectivity index (χ1) is 13.6. The largest absolute Gasteiger partial charge is 0.493 e. The van der Waals surface area contributed by atoms with Crippen molar-refractivity contribution in [1.29, 1.82) is 0 Å². The second kappa shape index (κ2) is 8.99. The number of carbonyl (C=O) groups is 1. The van der Waals surface area contributed by atoms with Crippen LogP contribution in [0.25, 0.3) is 0 Å². The molecule has 28 heavy (non-hydrogen) atoms. The number of ether oxygens (including phenoxy) is 1. The van der Waals surface area contributed by atoms with E-state index in [1.807, 2.05) is 43.3 Å². The third kappa shape index (κ3) is 4.85. The topological polar surface area (TPSA) is 84.1 Å². The van der Waals surface area contributed by atoms with Crippen LogP contribution in [0, 0.1) is 6.92 Å². The van der Waals surface area contributed by atoms with Crippen LogP contribution < -0.4 is 15.6 Å². The molecule has 1 atom stereocenters. The lowest BCUT2D eigenvalue weighted by atomic mass is 10.0. The van der Waals surface area contributed by atoms with Crippen LogP contribution in [0.5, 0.6) is 5.75 Å². The second-order valence-corrected chi connectivity index (χ2v) is 6.39. The van der Waals surface area contributed by atoms with E-state index >= 15 is 0 Å². The summed E-state index contributed by atoms with van der Waals surface area (Å²) in [5.74, 6) is 0.848. The van der Waals surface area contributed by atoms with Gasteiger partial charge in [0.15, 0.2) is 0 Å². The van der Waals surface area contributed by atoms with Crippen LogP contribution in [-0.2, 0) is 6.42 Å². The lowest BCUT2D eigenvalue weighted by molar-refractivity contribution is 0.0932. The Morgan fingerprint density at radius 3 is 2.57 bits per heavy atom. The average Bonchev–Trinajstić information content (AvgIpc) is 2.68. The quantitative estimate of drug-likeness (QED) is 0.662. The maximum atomic E-state index is 13.0. The van der Waals surface area contributed by atoms with Crippen LogP contribution in [0.15, 0.2) is 65.5 Å². The molecule has 0 aliphatic heterocycles. The first-order valence-electron chi connectivity index (χ1n) is 9.21. The summed E-state index contributed by atoms with van der Waals surface area (Å²) in [6.07, 6.45) is 0.400. The van der Waals surface area contributed by atoms with Gasteiger partial charge in [0.25, 0.3) is 11.5 Å². The number of aryl methyl sites for hydroxylation is 1. The minimum Gasteiger partial charge on any atom is -0.493 e. The van der Waals surface area contributed by atoms with Gasteiger partial charge in [-0.05, 0) is 31.5 Å². The molecular formula is C22H23N3O3. The van der Waals surface area contributed by atoms with E-state index < -0.39 is 0 Å². The van der Waals surface area contributed by atoms with E-state index in [1.54, 1.807) is 25.1 Å². The number of carbonyl (C=O) groups excluding carboxylic acids is 1. The molecule has 2 N–H and O–H groups in total. The minimum atomic E-state index is -0.336. The molecule has 0 aliphatic carbocycles. The van der Waals surface area contributed by atoms with Crippen molar-refractivity contribution in [3.05, 3.63) is 93.7 Å². The highest BCUT2D eigenvalue weighted by molar-refractivity contribution is 5.97. The van der Waals surface area contributed by atoms with Gasteiger partial charge < -0.3 is 15.0 Å². The molecule has 1 aromatic heterocycles. The van der Waals surface area contributed by atoms with Crippen molar-refractivity contribution in [1.82, 2.24) is 15.3 Å². The molecule has 2 aromatic carbocycles. The monoisotopic (exact) mass is 377 g/mol. The van der Waals surface area contributed by atoms with Crippen molar-refractivity contribution >= 4 is 5.91 Å². The van der Waals surface area contributed by atoms with Crippen molar-refractivity contribution in [2.75, 3.05) is 6.61 Å². The molecule has 0 spiro atoms. The van der Waals surface area contributed by atoms with Gasteiger partial charge in [-0.25, -0.2) is 4.98 Å². The number of nitrogens with one attached hydrogen (secondary N) is 2. The van der Waals surface area contributed by atoms with Crippen molar-refractivity contribution < 1.29 is 9.53 Å². The molecule has 6 nitrogen and oxygen atoms in total. The summed E-state index contributed by atoms with van der Waals surface area (Å²) < 4.78 is 5.58. The number of benzene rings is 2. The zero-order valence-corrected chi connectivity index (χ0v) is 15.9. The molecule has 0 radical (unpaired) electrons. The van der Waals surface area contributed by atoms with E-state index in [4.69, 9.17) is 4.74 Å². The Morgan fingerprint density at radius 2 is 1.86 bits per heavy atom. The molecule has 3 aromatic rings. The fraction of sp³-hybridized carbons (Fsp3) is 0.227. The fourth-order valence-electron chi connectivity index (χ4n) is 3.06. The SMILES string of the molecule is CCOc1ccccc1C(=O)N[C@H](Cc1cc(=O)[nH]c(C)n1)c1ccccc1. The predicted molar refractivity (Wildman–Crippen MR) is 108 cm³/mol. The zero-order chi connectivity index (χ0) is 19.9. The standard InChI is InChI=1S/C22H23N3O3/c1-3-28-20-12-8-7-11-18(20)22(27)25-19(16-9-5-4-6-10-16)13-17-14-21(26)24-15(2)23-17/h4-12,14,19H,3,13H2,1-2H3,(H,25,27)(H,23,24,26)/t19-/m1/s1. The van der Waals surface area contributed by atoms with Crippen LogP contribution in [0.1, 0.15) is 40.4 Å². The van der Waals surface area contributed by atoms with Gasteiger partial charge in [0.1, 0.15) is 11.6 Å². The van der Waals surface area contributed by atoms with E-state index in [1.165, 1.54) is 6.07 Å². The van der Waals surface area contributed by atoms with Gasteiger partial charge in [0, 0.05) is 12.5 Å². The summed E-state index contributed by atoms with van der Waals surface area (Å²) in [5.41, 5.74) is 1.82. The Morgan fingerprint density at radius 1 is 1.14 bits per heavy atom. The maximum absolute atomic E-state index is 13.0. The van der Waals surface area contributed by atoms with Crippen LogP contribution in [0.4, 0.5) is 0 Å². The summed E-state index contributed by atoms with van der Waals surface area (Å²) in [4.78, 5) is 31.8. The molecule has 0 saturated carbocycles. The predicted octanol–water partition coefficient (Wildman–Crippen LogP) is 3.19. The van der Waals surface area contributed by atoms with Crippen molar-refractivity contribution in [2.24, 2.45) is 0 Å². The molecule has 0 bridgehead atoms. The number of aromatic nitrogens is 2. The fourth-order valence-corrected chi connectivity index (χ4v) is 3.06. The van der Waals surface area contributed by atoms with Gasteiger partial charge in [0.05, 0.1) is 23.9 Å². The number of amides is 1. The first kappa shape index (κ1) is 19.4. The number of aromatic amines is 1. The van der Waals surface area contributed by atoms with E-state index in [0.29, 0.717) is 35.9 Å². The van der Waals surface area contributed by atoms with Crippen LogP contribution in [-0.4, -0.2) is 22.5 Å². The maximum Gasteiger partial charge on any atom is 0.255 e. The summed E-state index contributed by atoms with van der Waals surface area (Å²) in [6.45, 7) is 4.09. The first-order valence-corrected chi connectivity index (χ1v) is 9.21. The third-order valence-corrected chi connectivity index (χ3v) is 4.27. The molecule has 0 unspecified atom stereocenters. The van der Waals surface area contributed by atoms with Gasteiger partial charge in [-0.2, -0.15) is 0 Å². The van der Waals surface area contributed by atoms with Crippen molar-refractivity contribution in [3.63, 3.8) is 0 Å². The number of hydrogen-bond acceptors (Lipinski definition) is 4. The van der Waals surface area contributed by atoms with Crippen LogP contribution in [0.3, 0.4) is 0 Å². The van der Waals surface area contributed by atoms with Crippen molar-refractivity contribution in [3.8, 4) is 5.75 Å². The van der Waals surface area contributed by atoms with Gasteiger partial charge >= 0.3 is 0 Å². The second-order valence-electron chi connectivity index (χ2n) is 6.39. The molecular weight excluding hydrogens is 354 g/mol. The summed E-state index contributed by atoms with van der Waals surface area (Å²) in [7, 11) is 0. The normalized spacial score (nSPS) is 11.6. The van der Waals surface area contributed by atoms with E-state index in [9.17, 15) is 9.59 Å². The lowest BCUT2D eigenvalue weighted by Gasteiger charge is -2.20. The van der Waals surface area contributed by atoms with Gasteiger partial charge in [-0.15, -0.1) is 0 Å². The molecule has 0 fully saturated rings. The van der Waals surface area contributed by atoms with E-state index in [2.05, 4.69) is 15.3 Å². The Balaban J connectivity index is 1.90. The third-order valence-electron chi connectivity index (χ3n) is 4.27. The lowest BCUT2D eigenvalue weighted by Crippen LogP contribution is -2.31. The Kier molecular flexibility index (Phi) is 6.22. The van der Waals surface area contributed by atoms with Crippen LogP contribution in [0.2, 0.25) is 0 Å². The number of H-pyrrole nitrogens is 1. The average molecular weight is 377 g/mol. The molecule has 3 rings (SSSR count). The highest BCUT2D eigenvalue weighted by atomic mass is 16.5. The molecule has 1 amide bonds. The van der Waals surface area contributed by atoms with Gasteiger partial charge in [0.2, 0.25) is 0 Å². The summed E-state index contributed by atoms with van der Waals surface area (Å²) >= 11 is 0. The zero-order valence-electron chi connectivity index (χ0n) is 15.9. The number of nitrogens with zero attached hydrogens (tertiary/aromatic N) is 1. The Labute approximate surface area is 163 Å². The molecule has 1 heterocycles. The summed E-state index contributed by atoms with van der Waals surface area (Å²) in [6, 6.07) is 17.9. The van der Waals surface area contributed by atoms with Crippen LogP contribution >= 0.6 is 0 Å². The summed E-state index contributed by atoms with van der Waals surface area (Å²) in [5, 5.41) is 3.06. The number of hydrogen-bond donors (Lipinski definition) is 2. The Bertz CT molecular complexity index is 999. The molecule has 0 aliphatic rings. The molecule has 144 valence electrons. The van der Waals surface area contributed by atoms with Crippen molar-refractivity contribution in [2.45, 2.75) is 26.3 Å². The van der Waals surface area contributed by atoms with E-state index in [0.717, 1.165) is 5.56 Å². The number of para-hydroxylation sites is 1. The minimum absolute atomic E-state index is 0.206. The number of rotatable bonds is 7. The molecule has 6 heteroatoms.